The van der Waals surface area contributed by atoms with Gasteiger partial charge in [0.2, 0.25) is 0 Å². The zero-order valence-corrected chi connectivity index (χ0v) is 12.7. The summed E-state index contributed by atoms with van der Waals surface area (Å²) < 4.78 is 18.5. The number of ether oxygens (including phenoxy) is 1. The molecular formula is C16H23FN2O2. The highest BCUT2D eigenvalue weighted by Crippen LogP contribution is 2.18. The molecular weight excluding hydrogens is 271 g/mol. The highest BCUT2D eigenvalue weighted by Gasteiger charge is 2.21. The number of amides is 1. The van der Waals surface area contributed by atoms with Crippen molar-refractivity contribution in [3.63, 3.8) is 0 Å². The van der Waals surface area contributed by atoms with E-state index in [1.54, 1.807) is 6.07 Å². The van der Waals surface area contributed by atoms with Gasteiger partial charge in [-0.2, -0.15) is 0 Å². The van der Waals surface area contributed by atoms with Gasteiger partial charge in [-0.05, 0) is 50.6 Å². The van der Waals surface area contributed by atoms with Crippen LogP contribution < -0.4 is 10.1 Å². The first-order chi connectivity index (χ1) is 10.2. The first-order valence-corrected chi connectivity index (χ1v) is 7.51. The van der Waals surface area contributed by atoms with Crippen molar-refractivity contribution in [1.29, 1.82) is 0 Å². The summed E-state index contributed by atoms with van der Waals surface area (Å²) in [6, 6.07) is 4.63. The largest absolute Gasteiger partial charge is 0.494 e. The third-order valence-corrected chi connectivity index (χ3v) is 4.04. The van der Waals surface area contributed by atoms with Gasteiger partial charge in [-0.15, -0.1) is 0 Å². The zero-order valence-electron chi connectivity index (χ0n) is 12.7. The molecule has 21 heavy (non-hydrogen) atoms. The van der Waals surface area contributed by atoms with E-state index >= 15 is 0 Å². The molecule has 0 saturated carbocycles. The number of hydrogen-bond donors (Lipinski definition) is 1. The topological polar surface area (TPSA) is 41.6 Å². The quantitative estimate of drug-likeness (QED) is 0.876. The van der Waals surface area contributed by atoms with Gasteiger partial charge in [0.25, 0.3) is 5.91 Å². The lowest BCUT2D eigenvalue weighted by Crippen LogP contribution is -2.42. The molecule has 2 rings (SSSR count). The molecule has 1 aromatic rings. The van der Waals surface area contributed by atoms with Crippen molar-refractivity contribution < 1.29 is 13.9 Å². The number of rotatable bonds is 6. The van der Waals surface area contributed by atoms with Crippen LogP contribution >= 0.6 is 0 Å². The van der Waals surface area contributed by atoms with Crippen LogP contribution in [0.1, 0.15) is 36.5 Å². The predicted octanol–water partition coefficient (Wildman–Crippen LogP) is 2.44. The number of likely N-dealkylation sites (tertiary alicyclic amines) is 1. The second-order valence-corrected chi connectivity index (χ2v) is 5.36. The van der Waals surface area contributed by atoms with Gasteiger partial charge in [0.05, 0.1) is 7.11 Å². The van der Waals surface area contributed by atoms with E-state index in [-0.39, 0.29) is 11.7 Å². The van der Waals surface area contributed by atoms with Crippen LogP contribution in [0.4, 0.5) is 4.39 Å². The van der Waals surface area contributed by atoms with Crippen LogP contribution in [-0.4, -0.2) is 43.6 Å². The molecule has 1 N–H and O–H groups in total. The van der Waals surface area contributed by atoms with E-state index in [0.717, 1.165) is 19.5 Å². The minimum absolute atomic E-state index is 0.148. The minimum Gasteiger partial charge on any atom is -0.494 e. The average Bonchev–Trinajstić information content (AvgIpc) is 3.01. The smallest absolute Gasteiger partial charge is 0.251 e. The number of nitrogens with one attached hydrogen (secondary N) is 1. The van der Waals surface area contributed by atoms with Crippen molar-refractivity contribution in [2.45, 2.75) is 32.2 Å². The van der Waals surface area contributed by atoms with Gasteiger partial charge in [-0.3, -0.25) is 9.69 Å². The molecule has 1 fully saturated rings. The number of methoxy groups -OCH3 is 1. The van der Waals surface area contributed by atoms with Crippen LogP contribution in [-0.2, 0) is 0 Å². The molecule has 5 heteroatoms. The monoisotopic (exact) mass is 294 g/mol. The maximum atomic E-state index is 13.6. The molecule has 1 amide bonds. The van der Waals surface area contributed by atoms with Crippen molar-refractivity contribution in [3.8, 4) is 5.75 Å². The fourth-order valence-corrected chi connectivity index (χ4v) is 2.76. The Labute approximate surface area is 125 Å². The number of carbonyl (C=O) groups excluding carboxylic acids is 1. The lowest BCUT2D eigenvalue weighted by atomic mass is 10.1. The molecule has 1 aliphatic heterocycles. The van der Waals surface area contributed by atoms with Gasteiger partial charge < -0.3 is 10.1 Å². The summed E-state index contributed by atoms with van der Waals surface area (Å²) >= 11 is 0. The molecule has 1 saturated heterocycles. The van der Waals surface area contributed by atoms with Crippen molar-refractivity contribution in [1.82, 2.24) is 10.2 Å². The van der Waals surface area contributed by atoms with Crippen LogP contribution in [0.25, 0.3) is 0 Å². The second kappa shape index (κ2) is 7.41. The van der Waals surface area contributed by atoms with Crippen molar-refractivity contribution in [2.75, 3.05) is 26.7 Å². The standard InChI is InChI=1S/C16H23FN2O2/c1-3-13(19-8-4-5-9-19)11-18-16(20)12-6-7-15(21-2)14(17)10-12/h6-7,10,13H,3-5,8-9,11H2,1-2H3,(H,18,20)/t13-/m1/s1. The molecule has 0 bridgehead atoms. The minimum atomic E-state index is -0.517. The molecule has 1 aliphatic rings. The fourth-order valence-electron chi connectivity index (χ4n) is 2.76. The first kappa shape index (κ1) is 15.8. The van der Waals surface area contributed by atoms with Crippen molar-refractivity contribution in [2.24, 2.45) is 0 Å². The van der Waals surface area contributed by atoms with Crippen LogP contribution in [0.15, 0.2) is 18.2 Å². The molecule has 116 valence electrons. The Bertz CT molecular complexity index is 487. The van der Waals surface area contributed by atoms with E-state index in [1.165, 1.54) is 32.1 Å². The van der Waals surface area contributed by atoms with Crippen molar-refractivity contribution >= 4 is 5.91 Å². The first-order valence-electron chi connectivity index (χ1n) is 7.51. The normalized spacial score (nSPS) is 16.7. The second-order valence-electron chi connectivity index (χ2n) is 5.36. The lowest BCUT2D eigenvalue weighted by Gasteiger charge is -2.26. The number of hydrogen-bond acceptors (Lipinski definition) is 3. The van der Waals surface area contributed by atoms with Gasteiger partial charge in [-0.1, -0.05) is 6.92 Å². The Morgan fingerprint density at radius 1 is 1.43 bits per heavy atom. The van der Waals surface area contributed by atoms with E-state index in [4.69, 9.17) is 4.74 Å². The van der Waals surface area contributed by atoms with Crippen molar-refractivity contribution in [3.05, 3.63) is 29.6 Å². The van der Waals surface area contributed by atoms with Crippen LogP contribution in [0.3, 0.4) is 0 Å². The molecule has 0 aliphatic carbocycles. The number of halogens is 1. The van der Waals surface area contributed by atoms with Gasteiger partial charge in [0, 0.05) is 18.2 Å². The molecule has 1 atom stereocenters. The van der Waals surface area contributed by atoms with Gasteiger partial charge in [-0.25, -0.2) is 4.39 Å². The Morgan fingerprint density at radius 2 is 2.14 bits per heavy atom. The highest BCUT2D eigenvalue weighted by atomic mass is 19.1. The lowest BCUT2D eigenvalue weighted by molar-refractivity contribution is 0.0936. The van der Waals surface area contributed by atoms with Crippen LogP contribution in [0.5, 0.6) is 5.75 Å². The maximum Gasteiger partial charge on any atom is 0.251 e. The summed E-state index contributed by atoms with van der Waals surface area (Å²) in [6.45, 7) is 4.93. The van der Waals surface area contributed by atoms with E-state index in [9.17, 15) is 9.18 Å². The summed E-state index contributed by atoms with van der Waals surface area (Å²) in [5.41, 5.74) is 0.324. The Balaban J connectivity index is 1.92. The molecule has 0 radical (unpaired) electrons. The Hall–Kier alpha value is -1.62. The van der Waals surface area contributed by atoms with Gasteiger partial charge in [0.1, 0.15) is 0 Å². The Morgan fingerprint density at radius 3 is 2.71 bits per heavy atom. The molecule has 1 heterocycles. The SMILES string of the molecule is CC[C@H](CNC(=O)c1ccc(OC)c(F)c1)N1CCCC1. The van der Waals surface area contributed by atoms with E-state index in [0.29, 0.717) is 18.2 Å². The number of benzene rings is 1. The average molecular weight is 294 g/mol. The summed E-state index contributed by atoms with van der Waals surface area (Å²) in [4.78, 5) is 14.5. The van der Waals surface area contributed by atoms with E-state index < -0.39 is 5.82 Å². The fraction of sp³-hybridized carbons (Fsp3) is 0.562. The summed E-state index contributed by atoms with van der Waals surface area (Å²) in [5, 5.41) is 2.90. The summed E-state index contributed by atoms with van der Waals surface area (Å²) in [5.74, 6) is -0.610. The Kier molecular flexibility index (Phi) is 5.56. The molecule has 0 spiro atoms. The predicted molar refractivity (Wildman–Crippen MR) is 80.2 cm³/mol. The molecule has 1 aromatic carbocycles. The van der Waals surface area contributed by atoms with Gasteiger partial charge in [0.15, 0.2) is 11.6 Å². The van der Waals surface area contributed by atoms with Gasteiger partial charge >= 0.3 is 0 Å². The number of carbonyl (C=O) groups is 1. The summed E-state index contributed by atoms with van der Waals surface area (Å²) in [7, 11) is 1.40. The molecule has 0 aromatic heterocycles. The van der Waals surface area contributed by atoms with E-state index in [2.05, 4.69) is 17.1 Å². The van der Waals surface area contributed by atoms with E-state index in [1.807, 2.05) is 0 Å². The van der Waals surface area contributed by atoms with Crippen LogP contribution in [0.2, 0.25) is 0 Å². The van der Waals surface area contributed by atoms with Crippen LogP contribution in [0, 0.1) is 5.82 Å². The molecule has 4 nitrogen and oxygen atoms in total. The number of nitrogens with zero attached hydrogens (tertiary/aromatic N) is 1. The maximum absolute atomic E-state index is 13.6. The summed E-state index contributed by atoms with van der Waals surface area (Å²) in [6.07, 6.45) is 3.46. The third-order valence-electron chi connectivity index (χ3n) is 4.04. The highest BCUT2D eigenvalue weighted by molar-refractivity contribution is 5.94. The third kappa shape index (κ3) is 3.94. The zero-order chi connectivity index (χ0) is 15.2. The molecule has 0 unspecified atom stereocenters.